The van der Waals surface area contributed by atoms with E-state index in [-0.39, 0.29) is 11.9 Å². The molecule has 166 valence electrons. The molecule has 3 aromatic heterocycles. The van der Waals surface area contributed by atoms with Crippen LogP contribution in [0.1, 0.15) is 11.6 Å². The summed E-state index contributed by atoms with van der Waals surface area (Å²) in [5.41, 5.74) is 13.1. The van der Waals surface area contributed by atoms with Crippen molar-refractivity contribution in [2.24, 2.45) is 0 Å². The Morgan fingerprint density at radius 1 is 1.15 bits per heavy atom. The molecule has 2 aromatic carbocycles. The molecule has 7 heteroatoms. The minimum Gasteiger partial charge on any atom is -0.383 e. The van der Waals surface area contributed by atoms with Crippen LogP contribution in [-0.2, 0) is 11.3 Å². The van der Waals surface area contributed by atoms with Crippen molar-refractivity contribution in [3.63, 3.8) is 0 Å². The Kier molecular flexibility index (Phi) is 4.45. The fraction of sp³-hybridized carbons (Fsp3) is 0.111. The number of amides is 1. The Balaban J connectivity index is 1.69. The van der Waals surface area contributed by atoms with E-state index in [0.29, 0.717) is 12.4 Å². The molecule has 1 aliphatic heterocycles. The van der Waals surface area contributed by atoms with E-state index >= 15 is 0 Å². The molecule has 0 bridgehead atoms. The number of pyridine rings is 1. The molecule has 0 radical (unpaired) electrons. The summed E-state index contributed by atoms with van der Waals surface area (Å²) in [5.74, 6) is 0.285. The Hall–Kier alpha value is -4.52. The Labute approximate surface area is 196 Å². The van der Waals surface area contributed by atoms with Crippen molar-refractivity contribution in [3.8, 4) is 22.4 Å². The van der Waals surface area contributed by atoms with Gasteiger partial charge in [0.05, 0.1) is 22.6 Å². The molecule has 0 aliphatic carbocycles. The first-order valence-corrected chi connectivity index (χ1v) is 11.0. The third-order valence-electron chi connectivity index (χ3n) is 6.67. The molecule has 0 spiro atoms. The SMILES string of the molecule is C=CC(=O)N(C)C1Cn2c(c(-c3cnc4ccccc4c3)c3c(N)ncnc32)-c2ccccc21. The second kappa shape index (κ2) is 7.52. The van der Waals surface area contributed by atoms with Crippen molar-refractivity contribution in [1.82, 2.24) is 24.4 Å². The van der Waals surface area contributed by atoms with Crippen molar-refractivity contribution < 1.29 is 4.79 Å². The lowest BCUT2D eigenvalue weighted by molar-refractivity contribution is -0.127. The molecule has 4 heterocycles. The van der Waals surface area contributed by atoms with Crippen molar-refractivity contribution in [1.29, 1.82) is 0 Å². The number of para-hydroxylation sites is 1. The maximum atomic E-state index is 12.5. The number of fused-ring (bicyclic) bond motifs is 6. The van der Waals surface area contributed by atoms with E-state index in [2.05, 4.69) is 45.4 Å². The third-order valence-corrected chi connectivity index (χ3v) is 6.67. The molecule has 1 amide bonds. The van der Waals surface area contributed by atoms with Gasteiger partial charge in [0.15, 0.2) is 0 Å². The van der Waals surface area contributed by atoms with Gasteiger partial charge in [0.1, 0.15) is 17.8 Å². The van der Waals surface area contributed by atoms with Crippen LogP contribution in [-0.4, -0.2) is 37.4 Å². The second-order valence-corrected chi connectivity index (χ2v) is 8.46. The molecule has 34 heavy (non-hydrogen) atoms. The van der Waals surface area contributed by atoms with E-state index in [9.17, 15) is 4.79 Å². The van der Waals surface area contributed by atoms with Gasteiger partial charge in [-0.05, 0) is 23.8 Å². The van der Waals surface area contributed by atoms with Gasteiger partial charge in [0.25, 0.3) is 0 Å². The zero-order valence-electron chi connectivity index (χ0n) is 18.6. The van der Waals surface area contributed by atoms with Gasteiger partial charge in [0.2, 0.25) is 5.91 Å². The standard InChI is InChI=1S/C27H22N6O/c1-3-22(34)32(2)21-14-33-25(19-10-6-5-9-18(19)21)23(24-26(28)30-15-31-27(24)33)17-12-16-8-4-7-11-20(16)29-13-17/h3-13,15,21H,1,14H2,2H3,(H2,28,30,31). The van der Waals surface area contributed by atoms with Gasteiger partial charge < -0.3 is 15.2 Å². The predicted molar refractivity (Wildman–Crippen MR) is 134 cm³/mol. The van der Waals surface area contributed by atoms with Crippen LogP contribution in [0.5, 0.6) is 0 Å². The zero-order valence-corrected chi connectivity index (χ0v) is 18.6. The number of benzene rings is 2. The number of rotatable bonds is 3. The molecule has 2 N–H and O–H groups in total. The van der Waals surface area contributed by atoms with E-state index in [1.54, 1.807) is 11.9 Å². The summed E-state index contributed by atoms with van der Waals surface area (Å²) in [4.78, 5) is 27.9. The third kappa shape index (κ3) is 2.83. The highest BCUT2D eigenvalue weighted by atomic mass is 16.2. The summed E-state index contributed by atoms with van der Waals surface area (Å²) in [7, 11) is 1.81. The van der Waals surface area contributed by atoms with E-state index < -0.39 is 0 Å². The number of aromatic nitrogens is 4. The van der Waals surface area contributed by atoms with Gasteiger partial charge in [-0.3, -0.25) is 9.78 Å². The molecule has 1 atom stereocenters. The van der Waals surface area contributed by atoms with Crippen LogP contribution in [0.2, 0.25) is 0 Å². The van der Waals surface area contributed by atoms with Gasteiger partial charge in [-0.15, -0.1) is 0 Å². The number of nitrogen functional groups attached to an aromatic ring is 1. The van der Waals surface area contributed by atoms with Gasteiger partial charge in [-0.25, -0.2) is 9.97 Å². The topological polar surface area (TPSA) is 89.9 Å². The quantitative estimate of drug-likeness (QED) is 0.409. The number of nitrogens with two attached hydrogens (primary N) is 1. The molecule has 7 nitrogen and oxygen atoms in total. The monoisotopic (exact) mass is 446 g/mol. The highest BCUT2D eigenvalue weighted by Crippen LogP contribution is 2.48. The first-order valence-electron chi connectivity index (χ1n) is 11.0. The van der Waals surface area contributed by atoms with Crippen LogP contribution >= 0.6 is 0 Å². The summed E-state index contributed by atoms with van der Waals surface area (Å²) < 4.78 is 2.15. The largest absolute Gasteiger partial charge is 0.383 e. The lowest BCUT2D eigenvalue weighted by Crippen LogP contribution is -2.34. The minimum atomic E-state index is -0.177. The molecular formula is C27H22N6O. The number of hydrogen-bond acceptors (Lipinski definition) is 5. The van der Waals surface area contributed by atoms with Crippen LogP contribution in [0.15, 0.2) is 79.8 Å². The van der Waals surface area contributed by atoms with Gasteiger partial charge in [-0.1, -0.05) is 49.0 Å². The van der Waals surface area contributed by atoms with Crippen LogP contribution in [0.25, 0.3) is 44.3 Å². The molecule has 0 saturated carbocycles. The van der Waals surface area contributed by atoms with Crippen molar-refractivity contribution in [2.75, 3.05) is 12.8 Å². The van der Waals surface area contributed by atoms with Gasteiger partial charge >= 0.3 is 0 Å². The maximum absolute atomic E-state index is 12.5. The molecular weight excluding hydrogens is 424 g/mol. The number of carbonyl (C=O) groups excluding carboxylic acids is 1. The van der Waals surface area contributed by atoms with Crippen LogP contribution in [0.3, 0.4) is 0 Å². The number of nitrogens with zero attached hydrogens (tertiary/aromatic N) is 5. The highest BCUT2D eigenvalue weighted by molar-refractivity contribution is 6.09. The van der Waals surface area contributed by atoms with Gasteiger partial charge in [0, 0.05) is 41.9 Å². The zero-order chi connectivity index (χ0) is 23.4. The van der Waals surface area contributed by atoms with E-state index in [1.165, 1.54) is 12.4 Å². The number of likely N-dealkylation sites (N-methyl/N-ethyl adjacent to an activating group) is 1. The van der Waals surface area contributed by atoms with E-state index in [1.807, 2.05) is 36.5 Å². The summed E-state index contributed by atoms with van der Waals surface area (Å²) in [6, 6.07) is 18.2. The minimum absolute atomic E-state index is 0.132. The summed E-state index contributed by atoms with van der Waals surface area (Å²) in [6.45, 7) is 4.20. The average Bonchev–Trinajstić information content (AvgIpc) is 3.23. The fourth-order valence-corrected chi connectivity index (χ4v) is 5.04. The van der Waals surface area contributed by atoms with Crippen LogP contribution in [0.4, 0.5) is 5.82 Å². The Morgan fingerprint density at radius 2 is 1.94 bits per heavy atom. The first-order chi connectivity index (χ1) is 16.6. The second-order valence-electron chi connectivity index (χ2n) is 8.46. The van der Waals surface area contributed by atoms with E-state index in [4.69, 9.17) is 10.7 Å². The van der Waals surface area contributed by atoms with Crippen molar-refractivity contribution >= 4 is 33.7 Å². The highest BCUT2D eigenvalue weighted by Gasteiger charge is 2.34. The first kappa shape index (κ1) is 20.1. The normalized spacial score (nSPS) is 14.6. The van der Waals surface area contributed by atoms with E-state index in [0.717, 1.165) is 49.9 Å². The lowest BCUT2D eigenvalue weighted by atomic mass is 9.90. The summed E-state index contributed by atoms with van der Waals surface area (Å²) in [6.07, 6.45) is 4.71. The molecule has 0 fully saturated rings. The molecule has 1 unspecified atom stereocenters. The van der Waals surface area contributed by atoms with Crippen LogP contribution in [0, 0.1) is 0 Å². The summed E-state index contributed by atoms with van der Waals surface area (Å²) >= 11 is 0. The number of carbonyl (C=O) groups is 1. The van der Waals surface area contributed by atoms with Crippen LogP contribution < -0.4 is 5.73 Å². The molecule has 1 aliphatic rings. The lowest BCUT2D eigenvalue weighted by Gasteiger charge is -2.34. The molecule has 6 rings (SSSR count). The predicted octanol–water partition coefficient (Wildman–Crippen LogP) is 4.59. The van der Waals surface area contributed by atoms with Gasteiger partial charge in [-0.2, -0.15) is 0 Å². The number of anilines is 1. The average molecular weight is 447 g/mol. The maximum Gasteiger partial charge on any atom is 0.246 e. The Bertz CT molecular complexity index is 1620. The smallest absolute Gasteiger partial charge is 0.246 e. The van der Waals surface area contributed by atoms with Crippen molar-refractivity contribution in [2.45, 2.75) is 12.6 Å². The summed E-state index contributed by atoms with van der Waals surface area (Å²) in [5, 5.41) is 1.84. The Morgan fingerprint density at radius 3 is 2.79 bits per heavy atom. The molecule has 5 aromatic rings. The van der Waals surface area contributed by atoms with Crippen molar-refractivity contribution in [3.05, 3.63) is 85.3 Å². The number of hydrogen-bond donors (Lipinski definition) is 1. The fourth-order valence-electron chi connectivity index (χ4n) is 5.04. The molecule has 0 saturated heterocycles.